The molecule has 0 aliphatic heterocycles. The van der Waals surface area contributed by atoms with Crippen LogP contribution in [0.4, 0.5) is 13.2 Å². The zero-order chi connectivity index (χ0) is 14.5. The zero-order valence-electron chi connectivity index (χ0n) is 11.5. The third-order valence-corrected chi connectivity index (χ3v) is 3.27. The maximum atomic E-state index is 13.5. The summed E-state index contributed by atoms with van der Waals surface area (Å²) in [4.78, 5) is 0. The standard InChI is InChI=1S/C14H20F3NO/c1-4-10-18-13(5-2,14(15,16)17)11-6-8-12(19-3)9-7-11/h6-9,18H,4-5,10H2,1-3H3. The second-order valence-electron chi connectivity index (χ2n) is 4.41. The molecular weight excluding hydrogens is 255 g/mol. The van der Waals surface area contributed by atoms with Crippen LogP contribution in [0, 0.1) is 0 Å². The maximum Gasteiger partial charge on any atom is 0.410 e. The van der Waals surface area contributed by atoms with E-state index in [0.29, 0.717) is 18.7 Å². The molecule has 0 radical (unpaired) electrons. The number of rotatable bonds is 6. The summed E-state index contributed by atoms with van der Waals surface area (Å²) in [7, 11) is 1.49. The van der Waals surface area contributed by atoms with Crippen LogP contribution >= 0.6 is 0 Å². The third kappa shape index (κ3) is 3.21. The molecule has 1 atom stereocenters. The van der Waals surface area contributed by atoms with Crippen LogP contribution in [-0.4, -0.2) is 19.8 Å². The van der Waals surface area contributed by atoms with Crippen LogP contribution in [0.1, 0.15) is 32.3 Å². The number of benzene rings is 1. The molecule has 2 nitrogen and oxygen atoms in total. The van der Waals surface area contributed by atoms with Crippen molar-refractivity contribution in [3.8, 4) is 5.75 Å². The molecule has 0 aliphatic carbocycles. The predicted octanol–water partition coefficient (Wildman–Crippen LogP) is 3.86. The average molecular weight is 275 g/mol. The van der Waals surface area contributed by atoms with Crippen molar-refractivity contribution < 1.29 is 17.9 Å². The fraction of sp³-hybridized carbons (Fsp3) is 0.571. The monoisotopic (exact) mass is 275 g/mol. The van der Waals surface area contributed by atoms with Crippen LogP contribution in [0.15, 0.2) is 24.3 Å². The first-order valence-corrected chi connectivity index (χ1v) is 6.37. The normalized spacial score (nSPS) is 15.1. The highest BCUT2D eigenvalue weighted by atomic mass is 19.4. The van der Waals surface area contributed by atoms with E-state index in [1.165, 1.54) is 19.2 Å². The Morgan fingerprint density at radius 2 is 1.68 bits per heavy atom. The minimum Gasteiger partial charge on any atom is -0.497 e. The van der Waals surface area contributed by atoms with E-state index in [2.05, 4.69) is 5.32 Å². The summed E-state index contributed by atoms with van der Waals surface area (Å²) in [6.07, 6.45) is -3.75. The Balaban J connectivity index is 3.20. The van der Waals surface area contributed by atoms with E-state index in [4.69, 9.17) is 4.74 Å². The molecule has 0 saturated carbocycles. The van der Waals surface area contributed by atoms with Crippen LogP contribution < -0.4 is 10.1 Å². The van der Waals surface area contributed by atoms with Gasteiger partial charge < -0.3 is 4.74 Å². The SMILES string of the molecule is CCCNC(CC)(c1ccc(OC)cc1)C(F)(F)F. The Kier molecular flexibility index (Phi) is 5.23. The van der Waals surface area contributed by atoms with Gasteiger partial charge in [-0.1, -0.05) is 26.0 Å². The van der Waals surface area contributed by atoms with Crippen LogP contribution in [0.3, 0.4) is 0 Å². The van der Waals surface area contributed by atoms with Gasteiger partial charge in [0.2, 0.25) is 0 Å². The van der Waals surface area contributed by atoms with Crippen LogP contribution in [0.5, 0.6) is 5.75 Å². The highest BCUT2D eigenvalue weighted by molar-refractivity contribution is 5.33. The minimum absolute atomic E-state index is 0.0527. The van der Waals surface area contributed by atoms with Crippen LogP contribution in [0.2, 0.25) is 0 Å². The number of nitrogens with one attached hydrogen (secondary N) is 1. The van der Waals surface area contributed by atoms with Gasteiger partial charge in [-0.05, 0) is 37.1 Å². The van der Waals surface area contributed by atoms with E-state index in [-0.39, 0.29) is 12.0 Å². The summed E-state index contributed by atoms with van der Waals surface area (Å²) >= 11 is 0. The van der Waals surface area contributed by atoms with Gasteiger partial charge in [-0.15, -0.1) is 0 Å². The Morgan fingerprint density at radius 3 is 2.05 bits per heavy atom. The lowest BCUT2D eigenvalue weighted by molar-refractivity contribution is -0.202. The summed E-state index contributed by atoms with van der Waals surface area (Å²) in [6, 6.07) is 6.05. The third-order valence-electron chi connectivity index (χ3n) is 3.27. The topological polar surface area (TPSA) is 21.3 Å². The van der Waals surface area contributed by atoms with Gasteiger partial charge in [-0.3, -0.25) is 5.32 Å². The average Bonchev–Trinajstić information content (AvgIpc) is 2.39. The van der Waals surface area contributed by atoms with Gasteiger partial charge >= 0.3 is 6.18 Å². The summed E-state index contributed by atoms with van der Waals surface area (Å²) in [5, 5.41) is 2.66. The molecule has 0 aromatic heterocycles. The molecule has 1 aromatic rings. The van der Waals surface area contributed by atoms with Crippen molar-refractivity contribution in [1.82, 2.24) is 5.32 Å². The van der Waals surface area contributed by atoms with Gasteiger partial charge in [-0.25, -0.2) is 0 Å². The molecule has 5 heteroatoms. The zero-order valence-corrected chi connectivity index (χ0v) is 11.5. The fourth-order valence-corrected chi connectivity index (χ4v) is 2.11. The summed E-state index contributed by atoms with van der Waals surface area (Å²) in [5.41, 5.74) is -1.77. The molecule has 108 valence electrons. The lowest BCUT2D eigenvalue weighted by Gasteiger charge is -2.36. The molecule has 0 fully saturated rings. The van der Waals surface area contributed by atoms with Gasteiger partial charge in [-0.2, -0.15) is 13.2 Å². The number of hydrogen-bond acceptors (Lipinski definition) is 2. The number of alkyl halides is 3. The van der Waals surface area contributed by atoms with Gasteiger partial charge in [0.1, 0.15) is 11.3 Å². The van der Waals surface area contributed by atoms with E-state index in [9.17, 15) is 13.2 Å². The Morgan fingerprint density at radius 1 is 1.11 bits per heavy atom. The Hall–Kier alpha value is -1.23. The van der Waals surface area contributed by atoms with Gasteiger partial charge in [0.15, 0.2) is 0 Å². The maximum absolute atomic E-state index is 13.5. The van der Waals surface area contributed by atoms with Crippen LogP contribution in [-0.2, 0) is 5.54 Å². The molecule has 1 N–H and O–H groups in total. The van der Waals surface area contributed by atoms with E-state index < -0.39 is 11.7 Å². The molecule has 0 heterocycles. The van der Waals surface area contributed by atoms with Gasteiger partial charge in [0.05, 0.1) is 7.11 Å². The highest BCUT2D eigenvalue weighted by Gasteiger charge is 2.54. The van der Waals surface area contributed by atoms with Crippen molar-refractivity contribution in [2.45, 2.75) is 38.4 Å². The molecule has 0 bridgehead atoms. The van der Waals surface area contributed by atoms with E-state index in [1.807, 2.05) is 6.92 Å². The molecule has 1 unspecified atom stereocenters. The number of ether oxygens (including phenoxy) is 1. The lowest BCUT2D eigenvalue weighted by Crippen LogP contribution is -2.53. The quantitative estimate of drug-likeness (QED) is 0.851. The first-order valence-electron chi connectivity index (χ1n) is 6.37. The smallest absolute Gasteiger partial charge is 0.410 e. The summed E-state index contributed by atoms with van der Waals surface area (Å²) in [6.45, 7) is 3.71. The van der Waals surface area contributed by atoms with Gasteiger partial charge in [0.25, 0.3) is 0 Å². The second-order valence-corrected chi connectivity index (χ2v) is 4.41. The molecule has 0 amide bonds. The summed E-state index contributed by atoms with van der Waals surface area (Å²) in [5.74, 6) is 0.548. The highest BCUT2D eigenvalue weighted by Crippen LogP contribution is 2.41. The van der Waals surface area contributed by atoms with Gasteiger partial charge in [0, 0.05) is 0 Å². The molecule has 1 aromatic carbocycles. The van der Waals surface area contributed by atoms with E-state index >= 15 is 0 Å². The predicted molar refractivity (Wildman–Crippen MR) is 69.3 cm³/mol. The molecule has 19 heavy (non-hydrogen) atoms. The largest absolute Gasteiger partial charge is 0.497 e. The molecular formula is C14H20F3NO. The Bertz CT molecular complexity index is 389. The van der Waals surface area contributed by atoms with Crippen molar-refractivity contribution in [2.75, 3.05) is 13.7 Å². The van der Waals surface area contributed by atoms with E-state index in [0.717, 1.165) is 0 Å². The Labute approximate surface area is 112 Å². The molecule has 0 aliphatic rings. The first kappa shape index (κ1) is 15.8. The van der Waals surface area contributed by atoms with Crippen molar-refractivity contribution in [1.29, 1.82) is 0 Å². The number of halogens is 3. The van der Waals surface area contributed by atoms with Crippen molar-refractivity contribution in [3.63, 3.8) is 0 Å². The van der Waals surface area contributed by atoms with Crippen LogP contribution in [0.25, 0.3) is 0 Å². The lowest BCUT2D eigenvalue weighted by atomic mass is 9.86. The van der Waals surface area contributed by atoms with Crippen molar-refractivity contribution in [3.05, 3.63) is 29.8 Å². The molecule has 0 spiro atoms. The summed E-state index contributed by atoms with van der Waals surface area (Å²) < 4.78 is 45.4. The van der Waals surface area contributed by atoms with Crippen molar-refractivity contribution in [2.24, 2.45) is 0 Å². The first-order chi connectivity index (χ1) is 8.91. The van der Waals surface area contributed by atoms with E-state index in [1.54, 1.807) is 19.1 Å². The fourth-order valence-electron chi connectivity index (χ4n) is 2.11. The van der Waals surface area contributed by atoms with Crippen molar-refractivity contribution >= 4 is 0 Å². The number of hydrogen-bond donors (Lipinski definition) is 1. The molecule has 1 rings (SSSR count). The second kappa shape index (κ2) is 6.28. The minimum atomic E-state index is -4.34. The molecule has 0 saturated heterocycles. The number of methoxy groups -OCH3 is 1.